The van der Waals surface area contributed by atoms with Crippen molar-refractivity contribution < 1.29 is 14.6 Å². The van der Waals surface area contributed by atoms with Gasteiger partial charge in [0.05, 0.1) is 18.7 Å². The van der Waals surface area contributed by atoms with Gasteiger partial charge in [-0.1, -0.05) is 0 Å². The van der Waals surface area contributed by atoms with E-state index in [-0.39, 0.29) is 18.2 Å². The van der Waals surface area contributed by atoms with Gasteiger partial charge in [0.2, 0.25) is 0 Å². The monoisotopic (exact) mass is 382 g/mol. The average molecular weight is 383 g/mol. The summed E-state index contributed by atoms with van der Waals surface area (Å²) in [6, 6.07) is 0.428. The molecule has 1 aliphatic carbocycles. The number of hydrogen-bond donors (Lipinski definition) is 3. The number of aliphatic hydroxyl groups is 1. The quantitative estimate of drug-likeness (QED) is 0.514. The summed E-state index contributed by atoms with van der Waals surface area (Å²) in [6.07, 6.45) is 6.29. The molecular weight excluding hydrogens is 344 g/mol. The van der Waals surface area contributed by atoms with Crippen LogP contribution in [0.25, 0.3) is 0 Å². The lowest BCUT2D eigenvalue weighted by Crippen LogP contribution is -2.49. The maximum atomic E-state index is 12.5. The summed E-state index contributed by atoms with van der Waals surface area (Å²) < 4.78 is 5.58. The molecule has 156 valence electrons. The fourth-order valence-electron chi connectivity index (χ4n) is 3.68. The molecular formula is C20H38N4O3. The first-order valence-electron chi connectivity index (χ1n) is 10.5. The molecule has 2 fully saturated rings. The van der Waals surface area contributed by atoms with Crippen LogP contribution < -0.4 is 10.6 Å². The third-order valence-electron chi connectivity index (χ3n) is 5.10. The lowest BCUT2D eigenvalue weighted by atomic mass is 9.93. The first-order valence-corrected chi connectivity index (χ1v) is 10.5. The number of carbonyl (C=O) groups is 1. The number of ether oxygens (including phenoxy) is 1. The molecule has 0 radical (unpaired) electrons. The van der Waals surface area contributed by atoms with Crippen LogP contribution in [0.1, 0.15) is 72.6 Å². The van der Waals surface area contributed by atoms with Crippen LogP contribution in [0.5, 0.6) is 0 Å². The zero-order chi connectivity index (χ0) is 19.9. The lowest BCUT2D eigenvalue weighted by molar-refractivity contribution is 0.0109. The standard InChI is InChI=1S/C20H38N4O3/c1-5-21-18(23-15-9-11-17(25)12-10-15)22-14-16-8-6-7-13-24(16)19(26)27-20(2,3)4/h15-17,25H,5-14H2,1-4H3,(H2,21,22,23). The van der Waals surface area contributed by atoms with E-state index in [1.807, 2.05) is 25.7 Å². The molecule has 1 saturated carbocycles. The van der Waals surface area contributed by atoms with Crippen LogP contribution in [0.3, 0.4) is 0 Å². The maximum Gasteiger partial charge on any atom is 0.410 e. The zero-order valence-corrected chi connectivity index (χ0v) is 17.5. The SMILES string of the molecule is CCNC(=NCC1CCCCN1C(=O)OC(C)(C)C)NC1CCC(O)CC1. The molecule has 27 heavy (non-hydrogen) atoms. The summed E-state index contributed by atoms with van der Waals surface area (Å²) in [4.78, 5) is 19.2. The molecule has 1 atom stereocenters. The minimum atomic E-state index is -0.482. The van der Waals surface area contributed by atoms with Gasteiger partial charge in [-0.15, -0.1) is 0 Å². The Morgan fingerprint density at radius 1 is 1.19 bits per heavy atom. The number of aliphatic imine (C=N–C) groups is 1. The minimum Gasteiger partial charge on any atom is -0.444 e. The van der Waals surface area contributed by atoms with Gasteiger partial charge in [0.25, 0.3) is 0 Å². The van der Waals surface area contributed by atoms with Gasteiger partial charge in [-0.25, -0.2) is 4.79 Å². The number of nitrogens with zero attached hydrogens (tertiary/aromatic N) is 2. The number of guanidine groups is 1. The van der Waals surface area contributed by atoms with Crippen molar-refractivity contribution in [3.8, 4) is 0 Å². The van der Waals surface area contributed by atoms with Crippen molar-refractivity contribution in [3.63, 3.8) is 0 Å². The van der Waals surface area contributed by atoms with Gasteiger partial charge in [-0.05, 0) is 72.6 Å². The second kappa shape index (κ2) is 10.2. The molecule has 3 N–H and O–H groups in total. The Morgan fingerprint density at radius 3 is 2.52 bits per heavy atom. The van der Waals surface area contributed by atoms with Gasteiger partial charge in [-0.2, -0.15) is 0 Å². The van der Waals surface area contributed by atoms with Crippen molar-refractivity contribution in [2.75, 3.05) is 19.6 Å². The van der Waals surface area contributed by atoms with E-state index in [4.69, 9.17) is 9.73 Å². The van der Waals surface area contributed by atoms with Crippen molar-refractivity contribution in [2.24, 2.45) is 4.99 Å². The van der Waals surface area contributed by atoms with Gasteiger partial charge in [0, 0.05) is 19.1 Å². The Bertz CT molecular complexity index is 496. The van der Waals surface area contributed by atoms with E-state index in [1.54, 1.807) is 0 Å². The molecule has 0 aromatic carbocycles. The molecule has 1 unspecified atom stereocenters. The second-order valence-corrected chi connectivity index (χ2v) is 8.69. The Labute approximate surface area is 163 Å². The van der Waals surface area contributed by atoms with Crippen LogP contribution >= 0.6 is 0 Å². The summed E-state index contributed by atoms with van der Waals surface area (Å²) in [6.45, 7) is 9.85. The van der Waals surface area contributed by atoms with Crippen LogP contribution in [0.15, 0.2) is 4.99 Å². The van der Waals surface area contributed by atoms with Gasteiger partial charge >= 0.3 is 6.09 Å². The highest BCUT2D eigenvalue weighted by Gasteiger charge is 2.30. The summed E-state index contributed by atoms with van der Waals surface area (Å²) >= 11 is 0. The van der Waals surface area contributed by atoms with Gasteiger partial charge in [0.15, 0.2) is 5.96 Å². The smallest absolute Gasteiger partial charge is 0.410 e. The predicted molar refractivity (Wildman–Crippen MR) is 108 cm³/mol. The average Bonchev–Trinajstić information content (AvgIpc) is 2.60. The summed E-state index contributed by atoms with van der Waals surface area (Å²) in [7, 11) is 0. The topological polar surface area (TPSA) is 86.2 Å². The number of nitrogens with one attached hydrogen (secondary N) is 2. The van der Waals surface area contributed by atoms with E-state index in [2.05, 4.69) is 17.6 Å². The number of piperidine rings is 1. The van der Waals surface area contributed by atoms with Crippen molar-refractivity contribution in [1.29, 1.82) is 0 Å². The molecule has 2 rings (SSSR count). The van der Waals surface area contributed by atoms with E-state index in [9.17, 15) is 9.90 Å². The summed E-state index contributed by atoms with van der Waals surface area (Å²) in [5.41, 5.74) is -0.482. The molecule has 1 heterocycles. The Kier molecular flexibility index (Phi) is 8.20. The largest absolute Gasteiger partial charge is 0.444 e. The summed E-state index contributed by atoms with van der Waals surface area (Å²) in [5, 5.41) is 16.5. The molecule has 1 amide bonds. The molecule has 0 aromatic heterocycles. The first kappa shape index (κ1) is 21.8. The number of likely N-dealkylation sites (tertiary alicyclic amines) is 1. The number of carbonyl (C=O) groups excluding carboxylic acids is 1. The van der Waals surface area contributed by atoms with Crippen molar-refractivity contribution in [2.45, 2.75) is 96.4 Å². The van der Waals surface area contributed by atoms with Crippen molar-refractivity contribution >= 4 is 12.1 Å². The lowest BCUT2D eigenvalue weighted by Gasteiger charge is -2.36. The van der Waals surface area contributed by atoms with Crippen molar-refractivity contribution in [1.82, 2.24) is 15.5 Å². The highest BCUT2D eigenvalue weighted by atomic mass is 16.6. The van der Waals surface area contributed by atoms with E-state index < -0.39 is 5.60 Å². The van der Waals surface area contributed by atoms with Crippen LogP contribution in [-0.4, -0.2) is 65.5 Å². The van der Waals surface area contributed by atoms with Crippen LogP contribution in [-0.2, 0) is 4.74 Å². The van der Waals surface area contributed by atoms with E-state index in [0.29, 0.717) is 12.6 Å². The normalized spacial score (nSPS) is 27.2. The van der Waals surface area contributed by atoms with Crippen LogP contribution in [0.4, 0.5) is 4.79 Å². The molecule has 1 saturated heterocycles. The Balaban J connectivity index is 1.95. The third-order valence-corrected chi connectivity index (χ3v) is 5.10. The minimum absolute atomic E-state index is 0.0808. The van der Waals surface area contributed by atoms with Crippen LogP contribution in [0.2, 0.25) is 0 Å². The van der Waals surface area contributed by atoms with Gasteiger partial charge in [-0.3, -0.25) is 4.99 Å². The van der Waals surface area contributed by atoms with Crippen molar-refractivity contribution in [3.05, 3.63) is 0 Å². The molecule has 0 bridgehead atoms. The van der Waals surface area contributed by atoms with Gasteiger partial charge < -0.3 is 25.4 Å². The molecule has 2 aliphatic rings. The highest BCUT2D eigenvalue weighted by molar-refractivity contribution is 5.80. The molecule has 0 aromatic rings. The fraction of sp³-hybridized carbons (Fsp3) is 0.900. The van der Waals surface area contributed by atoms with E-state index in [0.717, 1.165) is 64.0 Å². The maximum absolute atomic E-state index is 12.5. The fourth-order valence-corrected chi connectivity index (χ4v) is 3.68. The number of hydrogen-bond acceptors (Lipinski definition) is 4. The summed E-state index contributed by atoms with van der Waals surface area (Å²) in [5.74, 6) is 0.800. The van der Waals surface area contributed by atoms with Crippen LogP contribution in [0, 0.1) is 0 Å². The number of aliphatic hydroxyl groups excluding tert-OH is 1. The molecule has 0 spiro atoms. The second-order valence-electron chi connectivity index (χ2n) is 8.69. The Morgan fingerprint density at radius 2 is 1.89 bits per heavy atom. The number of amides is 1. The first-order chi connectivity index (χ1) is 12.8. The number of rotatable bonds is 4. The third kappa shape index (κ3) is 7.56. The predicted octanol–water partition coefficient (Wildman–Crippen LogP) is 2.63. The zero-order valence-electron chi connectivity index (χ0n) is 17.5. The van der Waals surface area contributed by atoms with Gasteiger partial charge in [0.1, 0.15) is 5.60 Å². The Hall–Kier alpha value is -1.50. The molecule has 1 aliphatic heterocycles. The molecule has 7 heteroatoms. The van der Waals surface area contributed by atoms with E-state index in [1.165, 1.54) is 0 Å². The highest BCUT2D eigenvalue weighted by Crippen LogP contribution is 2.21. The molecule has 7 nitrogen and oxygen atoms in total. The van der Waals surface area contributed by atoms with E-state index >= 15 is 0 Å².